The Balaban J connectivity index is 2.44. The summed E-state index contributed by atoms with van der Waals surface area (Å²) in [7, 11) is 2.04. The topological polar surface area (TPSA) is 23.5 Å². The van der Waals surface area contributed by atoms with E-state index in [4.69, 9.17) is 5.11 Å². The van der Waals surface area contributed by atoms with E-state index in [-0.39, 0.29) is 6.10 Å². The maximum absolute atomic E-state index is 9.13. The van der Waals surface area contributed by atoms with Gasteiger partial charge >= 0.3 is 0 Å². The second-order valence-corrected chi connectivity index (χ2v) is 2.58. The molecule has 48 valence electrons. The zero-order chi connectivity index (χ0) is 6.15. The molecule has 2 nitrogen and oxygen atoms in total. The molecule has 1 aliphatic heterocycles. The molecule has 1 fully saturated rings. The van der Waals surface area contributed by atoms with Crippen molar-refractivity contribution in [3.8, 4) is 0 Å². The van der Waals surface area contributed by atoms with Crippen LogP contribution >= 0.6 is 0 Å². The van der Waals surface area contributed by atoms with E-state index in [9.17, 15) is 0 Å². The molecule has 0 aromatic heterocycles. The summed E-state index contributed by atoms with van der Waals surface area (Å²) >= 11 is 0. The summed E-state index contributed by atoms with van der Waals surface area (Å²) < 4.78 is 0. The molecule has 8 heavy (non-hydrogen) atoms. The second kappa shape index (κ2) is 2.03. The number of rotatable bonds is 0. The first-order valence-electron chi connectivity index (χ1n) is 3.10. The molecule has 1 aliphatic rings. The summed E-state index contributed by atoms with van der Waals surface area (Å²) in [6, 6.07) is 0.370. The highest BCUT2D eigenvalue weighted by molar-refractivity contribution is 4.80. The van der Waals surface area contributed by atoms with Gasteiger partial charge in [-0.1, -0.05) is 0 Å². The van der Waals surface area contributed by atoms with Gasteiger partial charge in [-0.15, -0.1) is 0 Å². The van der Waals surface area contributed by atoms with Crippen LogP contribution in [-0.4, -0.2) is 35.7 Å². The van der Waals surface area contributed by atoms with Crippen molar-refractivity contribution in [1.82, 2.24) is 4.90 Å². The third-order valence-corrected chi connectivity index (χ3v) is 2.03. The third-order valence-electron chi connectivity index (χ3n) is 2.03. The van der Waals surface area contributed by atoms with Crippen LogP contribution in [0.3, 0.4) is 0 Å². The van der Waals surface area contributed by atoms with Crippen molar-refractivity contribution >= 4 is 0 Å². The fourth-order valence-corrected chi connectivity index (χ4v) is 1.07. The van der Waals surface area contributed by atoms with E-state index in [0.717, 1.165) is 13.0 Å². The molecule has 0 saturated carbocycles. The predicted molar refractivity (Wildman–Crippen MR) is 32.7 cm³/mol. The summed E-state index contributed by atoms with van der Waals surface area (Å²) in [5, 5.41) is 9.13. The summed E-state index contributed by atoms with van der Waals surface area (Å²) in [4.78, 5) is 2.17. The maximum Gasteiger partial charge on any atom is 0.0704 e. The summed E-state index contributed by atoms with van der Waals surface area (Å²) in [6.07, 6.45) is 0.859. The lowest BCUT2D eigenvalue weighted by Gasteiger charge is -2.15. The molecule has 0 aromatic rings. The van der Waals surface area contributed by atoms with Gasteiger partial charge in [0.1, 0.15) is 0 Å². The fourth-order valence-electron chi connectivity index (χ4n) is 1.07. The highest BCUT2D eigenvalue weighted by atomic mass is 16.3. The molecule has 0 radical (unpaired) electrons. The third kappa shape index (κ3) is 0.858. The quantitative estimate of drug-likeness (QED) is 0.483. The van der Waals surface area contributed by atoms with E-state index in [2.05, 4.69) is 11.8 Å². The molecule has 0 bridgehead atoms. The number of likely N-dealkylation sites (tertiary alicyclic amines) is 1. The van der Waals surface area contributed by atoms with E-state index in [1.54, 1.807) is 0 Å². The Morgan fingerprint density at radius 2 is 2.25 bits per heavy atom. The van der Waals surface area contributed by atoms with Gasteiger partial charge in [0, 0.05) is 12.6 Å². The number of aliphatic hydroxyl groups is 1. The van der Waals surface area contributed by atoms with Crippen molar-refractivity contribution in [2.24, 2.45) is 0 Å². The molecule has 0 spiro atoms. The highest BCUT2D eigenvalue weighted by Crippen LogP contribution is 2.13. The van der Waals surface area contributed by atoms with E-state index in [1.165, 1.54) is 0 Å². The molecule has 1 rings (SSSR count). The summed E-state index contributed by atoms with van der Waals surface area (Å²) in [5.74, 6) is 0. The lowest BCUT2D eigenvalue weighted by atomic mass is 10.2. The molecule has 0 unspecified atom stereocenters. The standard InChI is InChI=1S/C6H13NO/c1-5-6(8)3-4-7(5)2/h5-6,8H,3-4H2,1-2H3/t5-,6+/m0/s1. The number of likely N-dealkylation sites (N-methyl/N-ethyl adjacent to an activating group) is 1. The zero-order valence-electron chi connectivity index (χ0n) is 5.46. The summed E-state index contributed by atoms with van der Waals surface area (Å²) in [5.41, 5.74) is 0. The van der Waals surface area contributed by atoms with Crippen LogP contribution in [0.1, 0.15) is 13.3 Å². The molecule has 1 saturated heterocycles. The van der Waals surface area contributed by atoms with E-state index < -0.39 is 0 Å². The minimum Gasteiger partial charge on any atom is -0.391 e. The van der Waals surface area contributed by atoms with Gasteiger partial charge in [0.05, 0.1) is 6.10 Å². The number of nitrogens with zero attached hydrogens (tertiary/aromatic N) is 1. The molecule has 1 N–H and O–H groups in total. The van der Waals surface area contributed by atoms with Gasteiger partial charge in [0.15, 0.2) is 0 Å². The minimum absolute atomic E-state index is 0.0833. The van der Waals surface area contributed by atoms with Gasteiger partial charge < -0.3 is 10.0 Å². The van der Waals surface area contributed by atoms with Crippen molar-refractivity contribution in [2.75, 3.05) is 13.6 Å². The van der Waals surface area contributed by atoms with Crippen LogP contribution in [0.4, 0.5) is 0 Å². The van der Waals surface area contributed by atoms with E-state index in [1.807, 2.05) is 7.05 Å². The van der Waals surface area contributed by atoms with Crippen molar-refractivity contribution in [3.05, 3.63) is 0 Å². The maximum atomic E-state index is 9.13. The number of hydrogen-bond acceptors (Lipinski definition) is 2. The predicted octanol–water partition coefficient (Wildman–Crippen LogP) is 0.0713. The van der Waals surface area contributed by atoms with Crippen molar-refractivity contribution in [3.63, 3.8) is 0 Å². The zero-order valence-corrected chi connectivity index (χ0v) is 5.46. The fraction of sp³-hybridized carbons (Fsp3) is 1.00. The Bertz CT molecular complexity index is 74.6. The Morgan fingerprint density at radius 3 is 2.38 bits per heavy atom. The van der Waals surface area contributed by atoms with Gasteiger partial charge in [0.2, 0.25) is 0 Å². The molecular weight excluding hydrogens is 102 g/mol. The molecule has 0 aromatic carbocycles. The van der Waals surface area contributed by atoms with Crippen LogP contribution in [0.15, 0.2) is 0 Å². The van der Waals surface area contributed by atoms with Gasteiger partial charge in [-0.3, -0.25) is 0 Å². The average Bonchev–Trinajstić information content (AvgIpc) is 1.98. The Labute approximate surface area is 50.1 Å². The second-order valence-electron chi connectivity index (χ2n) is 2.58. The molecule has 0 aliphatic carbocycles. The van der Waals surface area contributed by atoms with Crippen LogP contribution in [-0.2, 0) is 0 Å². The van der Waals surface area contributed by atoms with Crippen LogP contribution in [0.2, 0.25) is 0 Å². The number of aliphatic hydroxyl groups excluding tert-OH is 1. The largest absolute Gasteiger partial charge is 0.391 e. The highest BCUT2D eigenvalue weighted by Gasteiger charge is 2.25. The normalized spacial score (nSPS) is 40.9. The molecule has 1 heterocycles. The smallest absolute Gasteiger partial charge is 0.0704 e. The minimum atomic E-state index is -0.0833. The van der Waals surface area contributed by atoms with Crippen LogP contribution in [0, 0.1) is 0 Å². The lowest BCUT2D eigenvalue weighted by molar-refractivity contribution is 0.137. The molecule has 2 atom stereocenters. The molecular formula is C6H13NO. The first-order chi connectivity index (χ1) is 3.72. The van der Waals surface area contributed by atoms with Gasteiger partial charge in [-0.2, -0.15) is 0 Å². The van der Waals surface area contributed by atoms with Crippen molar-refractivity contribution in [2.45, 2.75) is 25.5 Å². The first kappa shape index (κ1) is 6.05. The average molecular weight is 115 g/mol. The van der Waals surface area contributed by atoms with E-state index >= 15 is 0 Å². The van der Waals surface area contributed by atoms with Crippen LogP contribution in [0.5, 0.6) is 0 Å². The summed E-state index contributed by atoms with van der Waals surface area (Å²) in [6.45, 7) is 3.10. The Morgan fingerprint density at radius 1 is 1.62 bits per heavy atom. The van der Waals surface area contributed by atoms with Crippen LogP contribution < -0.4 is 0 Å². The lowest BCUT2D eigenvalue weighted by Crippen LogP contribution is -2.28. The Kier molecular flexibility index (Phi) is 1.54. The molecule has 2 heteroatoms. The van der Waals surface area contributed by atoms with Crippen molar-refractivity contribution < 1.29 is 5.11 Å². The Hall–Kier alpha value is -0.0800. The SMILES string of the molecule is C[C@H]1[C@H](O)CCN1C. The van der Waals surface area contributed by atoms with Gasteiger partial charge in [-0.25, -0.2) is 0 Å². The van der Waals surface area contributed by atoms with Crippen molar-refractivity contribution in [1.29, 1.82) is 0 Å². The number of hydrogen-bond donors (Lipinski definition) is 1. The van der Waals surface area contributed by atoms with E-state index in [0.29, 0.717) is 6.04 Å². The monoisotopic (exact) mass is 115 g/mol. The first-order valence-corrected chi connectivity index (χ1v) is 3.10. The van der Waals surface area contributed by atoms with Gasteiger partial charge in [0.25, 0.3) is 0 Å². The van der Waals surface area contributed by atoms with Crippen LogP contribution in [0.25, 0.3) is 0 Å². The van der Waals surface area contributed by atoms with Gasteiger partial charge in [-0.05, 0) is 20.4 Å². The molecule has 0 amide bonds.